The van der Waals surface area contributed by atoms with Crippen LogP contribution in [0.3, 0.4) is 0 Å². The van der Waals surface area contributed by atoms with Gasteiger partial charge in [0.25, 0.3) is 0 Å². The number of nitrogens with two attached hydrogens (primary N) is 1. The Kier molecular flexibility index (Phi) is 3.80. The Labute approximate surface area is 122 Å². The van der Waals surface area contributed by atoms with Crippen LogP contribution in [0.1, 0.15) is 30.8 Å². The normalized spacial score (nSPS) is 12.9. The molecule has 0 aliphatic heterocycles. The molecule has 0 amide bonds. The molecule has 2 aromatic heterocycles. The summed E-state index contributed by atoms with van der Waals surface area (Å²) in [4.78, 5) is 4.34. The molecule has 2 heterocycles. The Bertz CT molecular complexity index is 701. The van der Waals surface area contributed by atoms with E-state index in [2.05, 4.69) is 46.7 Å². The molecular weight excluding hydrogens is 268 g/mol. The van der Waals surface area contributed by atoms with Gasteiger partial charge in [-0.3, -0.25) is 4.68 Å². The molecule has 0 aliphatic rings. The zero-order valence-electron chi connectivity index (χ0n) is 11.5. The minimum atomic E-state index is -0.0362. The molecule has 20 heavy (non-hydrogen) atoms. The number of thiophene rings is 1. The van der Waals surface area contributed by atoms with Crippen molar-refractivity contribution >= 4 is 21.4 Å². The molecule has 1 atom stereocenters. The summed E-state index contributed by atoms with van der Waals surface area (Å²) in [5.41, 5.74) is 7.59. The lowest BCUT2D eigenvalue weighted by molar-refractivity contribution is 0.549. The Morgan fingerprint density at radius 3 is 3.05 bits per heavy atom. The Morgan fingerprint density at radius 1 is 1.35 bits per heavy atom. The maximum atomic E-state index is 6.39. The molecule has 2 N–H and O–H groups in total. The van der Waals surface area contributed by atoms with Crippen molar-refractivity contribution in [1.29, 1.82) is 0 Å². The van der Waals surface area contributed by atoms with Crippen LogP contribution < -0.4 is 5.73 Å². The van der Waals surface area contributed by atoms with E-state index in [0.29, 0.717) is 0 Å². The maximum Gasteiger partial charge on any atom is 0.138 e. The standard InChI is InChI=1S/C15H18N4S/c1-2-7-19-15(17-10-18-19)8-13(16)12-9-20-14-6-4-3-5-11(12)14/h3-6,9-10,13H,2,7-8,16H2,1H3. The average molecular weight is 286 g/mol. The quantitative estimate of drug-likeness (QED) is 0.784. The van der Waals surface area contributed by atoms with E-state index in [4.69, 9.17) is 5.73 Å². The third-order valence-electron chi connectivity index (χ3n) is 3.44. The molecule has 4 nitrogen and oxygen atoms in total. The summed E-state index contributed by atoms with van der Waals surface area (Å²) < 4.78 is 3.24. The predicted octanol–water partition coefficient (Wildman–Crippen LogP) is 3.15. The minimum absolute atomic E-state index is 0.0362. The van der Waals surface area contributed by atoms with Crippen LogP contribution in [0.5, 0.6) is 0 Å². The Balaban J connectivity index is 1.85. The third kappa shape index (κ3) is 2.46. The minimum Gasteiger partial charge on any atom is -0.324 e. The fourth-order valence-corrected chi connectivity index (χ4v) is 3.46. The van der Waals surface area contributed by atoms with E-state index in [1.807, 2.05) is 4.68 Å². The summed E-state index contributed by atoms with van der Waals surface area (Å²) >= 11 is 1.75. The van der Waals surface area contributed by atoms with Crippen LogP contribution >= 0.6 is 11.3 Å². The Hall–Kier alpha value is -1.72. The van der Waals surface area contributed by atoms with Crippen LogP contribution in [0.15, 0.2) is 36.0 Å². The maximum absolute atomic E-state index is 6.39. The van der Waals surface area contributed by atoms with Crippen LogP contribution in [-0.2, 0) is 13.0 Å². The number of nitrogens with zero attached hydrogens (tertiary/aromatic N) is 3. The van der Waals surface area contributed by atoms with Gasteiger partial charge in [0.2, 0.25) is 0 Å². The summed E-state index contributed by atoms with van der Waals surface area (Å²) in [7, 11) is 0. The number of fused-ring (bicyclic) bond motifs is 1. The van der Waals surface area contributed by atoms with Crippen molar-refractivity contribution in [3.63, 3.8) is 0 Å². The van der Waals surface area contributed by atoms with Crippen molar-refractivity contribution in [3.05, 3.63) is 47.4 Å². The number of rotatable bonds is 5. The van der Waals surface area contributed by atoms with E-state index >= 15 is 0 Å². The van der Waals surface area contributed by atoms with E-state index in [-0.39, 0.29) is 6.04 Å². The third-order valence-corrected chi connectivity index (χ3v) is 4.43. The topological polar surface area (TPSA) is 56.7 Å². The van der Waals surface area contributed by atoms with Gasteiger partial charge in [-0.05, 0) is 28.8 Å². The van der Waals surface area contributed by atoms with Crippen LogP contribution in [0, 0.1) is 0 Å². The highest BCUT2D eigenvalue weighted by Crippen LogP contribution is 2.30. The van der Waals surface area contributed by atoms with Gasteiger partial charge in [-0.1, -0.05) is 25.1 Å². The summed E-state index contributed by atoms with van der Waals surface area (Å²) in [6.45, 7) is 3.03. The summed E-state index contributed by atoms with van der Waals surface area (Å²) in [5.74, 6) is 0.967. The van der Waals surface area contributed by atoms with E-state index in [1.54, 1.807) is 17.7 Å². The first-order chi connectivity index (χ1) is 9.79. The number of aromatic nitrogens is 3. The lowest BCUT2D eigenvalue weighted by atomic mass is 10.0. The number of hydrogen-bond donors (Lipinski definition) is 1. The number of hydrogen-bond acceptors (Lipinski definition) is 4. The Morgan fingerprint density at radius 2 is 2.20 bits per heavy atom. The van der Waals surface area contributed by atoms with Crippen LogP contribution in [-0.4, -0.2) is 14.8 Å². The highest BCUT2D eigenvalue weighted by atomic mass is 32.1. The summed E-state index contributed by atoms with van der Waals surface area (Å²) in [5, 5.41) is 7.67. The number of aryl methyl sites for hydroxylation is 1. The molecular formula is C15H18N4S. The summed E-state index contributed by atoms with van der Waals surface area (Å²) in [6, 6.07) is 8.36. The van der Waals surface area contributed by atoms with E-state index < -0.39 is 0 Å². The van der Waals surface area contributed by atoms with Gasteiger partial charge in [0.05, 0.1) is 0 Å². The van der Waals surface area contributed by atoms with Gasteiger partial charge < -0.3 is 5.73 Å². The molecule has 1 unspecified atom stereocenters. The second-order valence-electron chi connectivity index (χ2n) is 4.90. The van der Waals surface area contributed by atoms with Crippen molar-refractivity contribution in [2.75, 3.05) is 0 Å². The first-order valence-electron chi connectivity index (χ1n) is 6.88. The van der Waals surface area contributed by atoms with Crippen molar-refractivity contribution in [2.24, 2.45) is 5.73 Å². The molecule has 1 aromatic carbocycles. The first-order valence-corrected chi connectivity index (χ1v) is 7.76. The SMILES string of the molecule is CCCn1ncnc1CC(N)c1csc2ccccc12. The lowest BCUT2D eigenvalue weighted by Crippen LogP contribution is -2.16. The molecule has 0 radical (unpaired) electrons. The van der Waals surface area contributed by atoms with E-state index in [0.717, 1.165) is 25.2 Å². The van der Waals surface area contributed by atoms with Gasteiger partial charge in [-0.2, -0.15) is 5.10 Å². The van der Waals surface area contributed by atoms with Crippen molar-refractivity contribution in [2.45, 2.75) is 32.4 Å². The largest absolute Gasteiger partial charge is 0.324 e. The molecule has 104 valence electrons. The lowest BCUT2D eigenvalue weighted by Gasteiger charge is -2.11. The monoisotopic (exact) mass is 286 g/mol. The highest BCUT2D eigenvalue weighted by Gasteiger charge is 2.15. The van der Waals surface area contributed by atoms with Crippen LogP contribution in [0.25, 0.3) is 10.1 Å². The highest BCUT2D eigenvalue weighted by molar-refractivity contribution is 7.17. The molecule has 0 spiro atoms. The van der Waals surface area contributed by atoms with Gasteiger partial charge in [-0.15, -0.1) is 11.3 Å². The van der Waals surface area contributed by atoms with Crippen molar-refractivity contribution in [1.82, 2.24) is 14.8 Å². The van der Waals surface area contributed by atoms with E-state index in [9.17, 15) is 0 Å². The number of benzene rings is 1. The van der Waals surface area contributed by atoms with Gasteiger partial charge in [0.1, 0.15) is 12.2 Å². The first kappa shape index (κ1) is 13.3. The molecule has 3 rings (SSSR count). The molecule has 0 saturated heterocycles. The fraction of sp³-hybridized carbons (Fsp3) is 0.333. The molecule has 0 bridgehead atoms. The predicted molar refractivity (Wildman–Crippen MR) is 82.8 cm³/mol. The molecule has 0 fully saturated rings. The zero-order valence-corrected chi connectivity index (χ0v) is 12.3. The molecule has 0 aliphatic carbocycles. The van der Waals surface area contributed by atoms with E-state index in [1.165, 1.54) is 15.6 Å². The van der Waals surface area contributed by atoms with Crippen LogP contribution in [0.4, 0.5) is 0 Å². The molecule has 3 aromatic rings. The average Bonchev–Trinajstić information content (AvgIpc) is 3.06. The fourth-order valence-electron chi connectivity index (χ4n) is 2.44. The van der Waals surface area contributed by atoms with Gasteiger partial charge in [-0.25, -0.2) is 4.98 Å². The van der Waals surface area contributed by atoms with Gasteiger partial charge >= 0.3 is 0 Å². The second-order valence-corrected chi connectivity index (χ2v) is 5.81. The summed E-state index contributed by atoms with van der Waals surface area (Å²) in [6.07, 6.45) is 3.39. The molecule has 5 heteroatoms. The van der Waals surface area contributed by atoms with Crippen LogP contribution in [0.2, 0.25) is 0 Å². The zero-order chi connectivity index (χ0) is 13.9. The smallest absolute Gasteiger partial charge is 0.138 e. The molecule has 0 saturated carbocycles. The van der Waals surface area contributed by atoms with Gasteiger partial charge in [0.15, 0.2) is 0 Å². The van der Waals surface area contributed by atoms with Gasteiger partial charge in [0, 0.05) is 23.7 Å². The van der Waals surface area contributed by atoms with Crippen molar-refractivity contribution < 1.29 is 0 Å². The second kappa shape index (κ2) is 5.73. The van der Waals surface area contributed by atoms with Crippen molar-refractivity contribution in [3.8, 4) is 0 Å².